The lowest BCUT2D eigenvalue weighted by atomic mass is 9.61. The van der Waals surface area contributed by atoms with Crippen LogP contribution in [0.1, 0.15) is 32.1 Å². The van der Waals surface area contributed by atoms with E-state index in [2.05, 4.69) is 15.9 Å². The summed E-state index contributed by atoms with van der Waals surface area (Å²) in [6.07, 6.45) is 6.42. The third-order valence-electron chi connectivity index (χ3n) is 4.49. The van der Waals surface area contributed by atoms with Crippen molar-refractivity contribution in [3.63, 3.8) is 0 Å². The first-order valence-electron chi connectivity index (χ1n) is 6.39. The molecule has 2 fully saturated rings. The van der Waals surface area contributed by atoms with E-state index in [1.165, 1.54) is 25.7 Å². The van der Waals surface area contributed by atoms with Crippen molar-refractivity contribution in [2.75, 3.05) is 0 Å². The van der Waals surface area contributed by atoms with Gasteiger partial charge in [0.05, 0.1) is 4.47 Å². The molecule has 2 aliphatic rings. The zero-order chi connectivity index (χ0) is 11.9. The molecule has 3 rings (SSSR count). The predicted octanol–water partition coefficient (Wildman–Crippen LogP) is 3.49. The van der Waals surface area contributed by atoms with Crippen molar-refractivity contribution in [2.45, 2.75) is 44.2 Å². The third kappa shape index (κ3) is 1.80. The van der Waals surface area contributed by atoms with E-state index in [9.17, 15) is 0 Å². The zero-order valence-electron chi connectivity index (χ0n) is 9.86. The number of para-hydroxylation sites is 1. The van der Waals surface area contributed by atoms with Gasteiger partial charge in [-0.2, -0.15) is 0 Å². The van der Waals surface area contributed by atoms with E-state index in [0.29, 0.717) is 12.1 Å². The monoisotopic (exact) mass is 295 g/mol. The van der Waals surface area contributed by atoms with Crippen LogP contribution in [0.2, 0.25) is 0 Å². The van der Waals surface area contributed by atoms with Crippen LogP contribution in [0, 0.1) is 5.41 Å². The summed E-state index contributed by atoms with van der Waals surface area (Å²) in [7, 11) is 0. The SMILES string of the molecule is NC1CC(Oc2ccccc2Br)C12CCCC2. The molecule has 3 heteroatoms. The smallest absolute Gasteiger partial charge is 0.133 e. The topological polar surface area (TPSA) is 35.2 Å². The van der Waals surface area contributed by atoms with Crippen molar-refractivity contribution in [1.29, 1.82) is 0 Å². The van der Waals surface area contributed by atoms with Gasteiger partial charge in [-0.1, -0.05) is 25.0 Å². The maximum absolute atomic E-state index is 6.21. The van der Waals surface area contributed by atoms with Crippen LogP contribution in [0.25, 0.3) is 0 Å². The van der Waals surface area contributed by atoms with E-state index < -0.39 is 0 Å². The average Bonchev–Trinajstić information content (AvgIpc) is 2.83. The quantitative estimate of drug-likeness (QED) is 0.906. The summed E-state index contributed by atoms with van der Waals surface area (Å²) >= 11 is 3.53. The van der Waals surface area contributed by atoms with E-state index >= 15 is 0 Å². The molecule has 2 unspecified atom stereocenters. The van der Waals surface area contributed by atoms with Crippen molar-refractivity contribution in [3.8, 4) is 5.75 Å². The van der Waals surface area contributed by atoms with E-state index in [0.717, 1.165) is 16.6 Å². The van der Waals surface area contributed by atoms with Gasteiger partial charge in [-0.15, -0.1) is 0 Å². The van der Waals surface area contributed by atoms with Crippen molar-refractivity contribution in [2.24, 2.45) is 11.1 Å². The van der Waals surface area contributed by atoms with Gasteiger partial charge in [0.25, 0.3) is 0 Å². The molecule has 92 valence electrons. The molecule has 0 aliphatic heterocycles. The first-order valence-corrected chi connectivity index (χ1v) is 7.18. The molecule has 2 atom stereocenters. The molecule has 0 bridgehead atoms. The minimum absolute atomic E-state index is 0.273. The van der Waals surface area contributed by atoms with Gasteiger partial charge in [-0.05, 0) is 40.9 Å². The van der Waals surface area contributed by atoms with Crippen molar-refractivity contribution < 1.29 is 4.74 Å². The highest BCUT2D eigenvalue weighted by Gasteiger charge is 2.56. The first-order chi connectivity index (χ1) is 8.22. The number of ether oxygens (including phenoxy) is 1. The lowest BCUT2D eigenvalue weighted by Crippen LogP contribution is -2.62. The van der Waals surface area contributed by atoms with Crippen LogP contribution in [0.5, 0.6) is 5.75 Å². The Morgan fingerprint density at radius 3 is 2.59 bits per heavy atom. The molecular weight excluding hydrogens is 278 g/mol. The fourth-order valence-electron chi connectivity index (χ4n) is 3.36. The van der Waals surface area contributed by atoms with E-state index in [1.54, 1.807) is 0 Å². The molecule has 0 amide bonds. The first kappa shape index (κ1) is 11.5. The second-order valence-corrected chi connectivity index (χ2v) is 6.17. The van der Waals surface area contributed by atoms with E-state index in [-0.39, 0.29) is 5.41 Å². The molecule has 2 saturated carbocycles. The van der Waals surface area contributed by atoms with Gasteiger partial charge >= 0.3 is 0 Å². The van der Waals surface area contributed by atoms with Gasteiger partial charge in [0.1, 0.15) is 11.9 Å². The highest BCUT2D eigenvalue weighted by molar-refractivity contribution is 9.10. The van der Waals surface area contributed by atoms with Crippen LogP contribution < -0.4 is 10.5 Å². The lowest BCUT2D eigenvalue weighted by molar-refractivity contribution is -0.0623. The molecule has 1 aromatic carbocycles. The van der Waals surface area contributed by atoms with Gasteiger partial charge in [0.2, 0.25) is 0 Å². The number of rotatable bonds is 2. The van der Waals surface area contributed by atoms with Crippen LogP contribution in [0.15, 0.2) is 28.7 Å². The number of halogens is 1. The molecular formula is C14H18BrNO. The standard InChI is InChI=1S/C14H18BrNO/c15-10-5-1-2-6-11(10)17-13-9-12(16)14(13)7-3-4-8-14/h1-2,5-6,12-13H,3-4,7-9,16H2. The van der Waals surface area contributed by atoms with E-state index in [1.807, 2.05) is 24.3 Å². The van der Waals surface area contributed by atoms with Crippen LogP contribution >= 0.6 is 15.9 Å². The number of hydrogen-bond acceptors (Lipinski definition) is 2. The number of benzene rings is 1. The maximum Gasteiger partial charge on any atom is 0.133 e. The average molecular weight is 296 g/mol. The van der Waals surface area contributed by atoms with Crippen molar-refractivity contribution >= 4 is 15.9 Å². The predicted molar refractivity (Wildman–Crippen MR) is 72.1 cm³/mol. The fraction of sp³-hybridized carbons (Fsp3) is 0.571. The second kappa shape index (κ2) is 4.29. The summed E-state index contributed by atoms with van der Waals surface area (Å²) in [4.78, 5) is 0. The van der Waals surface area contributed by atoms with Crippen molar-refractivity contribution in [1.82, 2.24) is 0 Å². The summed E-state index contributed by atoms with van der Waals surface area (Å²) in [6.45, 7) is 0. The zero-order valence-corrected chi connectivity index (χ0v) is 11.4. The molecule has 2 aliphatic carbocycles. The Hall–Kier alpha value is -0.540. The van der Waals surface area contributed by atoms with Crippen LogP contribution in [-0.2, 0) is 0 Å². The summed E-state index contributed by atoms with van der Waals surface area (Å²) < 4.78 is 7.20. The van der Waals surface area contributed by atoms with E-state index in [4.69, 9.17) is 10.5 Å². The minimum atomic E-state index is 0.273. The molecule has 0 saturated heterocycles. The summed E-state index contributed by atoms with van der Waals surface area (Å²) in [5.41, 5.74) is 6.48. The van der Waals surface area contributed by atoms with Crippen LogP contribution in [-0.4, -0.2) is 12.1 Å². The lowest BCUT2D eigenvalue weighted by Gasteiger charge is -2.52. The molecule has 0 heterocycles. The highest BCUT2D eigenvalue weighted by Crippen LogP contribution is 2.54. The van der Waals surface area contributed by atoms with Gasteiger partial charge in [-0.25, -0.2) is 0 Å². The Morgan fingerprint density at radius 2 is 1.94 bits per heavy atom. The summed E-state index contributed by atoms with van der Waals surface area (Å²) in [5.74, 6) is 0.954. The third-order valence-corrected chi connectivity index (χ3v) is 5.14. The van der Waals surface area contributed by atoms with Gasteiger partial charge in [-0.3, -0.25) is 0 Å². The van der Waals surface area contributed by atoms with Gasteiger partial charge in [0.15, 0.2) is 0 Å². The largest absolute Gasteiger partial charge is 0.489 e. The fourth-order valence-corrected chi connectivity index (χ4v) is 3.74. The molecule has 1 aromatic rings. The highest BCUT2D eigenvalue weighted by atomic mass is 79.9. The second-order valence-electron chi connectivity index (χ2n) is 5.32. The van der Waals surface area contributed by atoms with Gasteiger partial charge in [0, 0.05) is 17.9 Å². The Balaban J connectivity index is 1.77. The summed E-state index contributed by atoms with van der Waals surface area (Å²) in [6, 6.07) is 8.41. The van der Waals surface area contributed by atoms with Crippen molar-refractivity contribution in [3.05, 3.63) is 28.7 Å². The molecule has 2 nitrogen and oxygen atoms in total. The Bertz CT molecular complexity index is 414. The van der Waals surface area contributed by atoms with Crippen LogP contribution in [0.3, 0.4) is 0 Å². The Labute approximate surface area is 111 Å². The molecule has 0 aromatic heterocycles. The molecule has 1 spiro atoms. The Morgan fingerprint density at radius 1 is 1.24 bits per heavy atom. The molecule has 17 heavy (non-hydrogen) atoms. The molecule has 2 N–H and O–H groups in total. The molecule has 0 radical (unpaired) electrons. The minimum Gasteiger partial charge on any atom is -0.489 e. The number of hydrogen-bond donors (Lipinski definition) is 1. The maximum atomic E-state index is 6.21. The number of nitrogens with two attached hydrogens (primary N) is 1. The Kier molecular flexibility index (Phi) is 2.91. The normalized spacial score (nSPS) is 30.2. The van der Waals surface area contributed by atoms with Gasteiger partial charge < -0.3 is 10.5 Å². The van der Waals surface area contributed by atoms with Crippen LogP contribution in [0.4, 0.5) is 0 Å². The summed E-state index contributed by atoms with van der Waals surface area (Å²) in [5, 5.41) is 0.